The summed E-state index contributed by atoms with van der Waals surface area (Å²) in [4.78, 5) is 22.7. The minimum Gasteiger partial charge on any atom is -0.463 e. The van der Waals surface area contributed by atoms with Crippen LogP contribution in [0.25, 0.3) is 0 Å². The molecule has 0 radical (unpaired) electrons. The highest BCUT2D eigenvalue weighted by Crippen LogP contribution is 2.43. The van der Waals surface area contributed by atoms with E-state index in [0.717, 1.165) is 51.4 Å². The predicted octanol–water partition coefficient (Wildman–Crippen LogP) is 11.6. The monoisotopic (exact) mass is 763 g/mol. The Balaban J connectivity index is 4.37. The molecule has 2 unspecified atom stereocenters. The maximum Gasteiger partial charge on any atom is 0.472 e. The van der Waals surface area contributed by atoms with E-state index in [1.54, 1.807) is 0 Å². The number of quaternary nitrogens is 1. The summed E-state index contributed by atoms with van der Waals surface area (Å²) in [6, 6.07) is 0. The molecule has 52 heavy (non-hydrogen) atoms. The minimum atomic E-state index is -4.34. The largest absolute Gasteiger partial charge is 0.472 e. The van der Waals surface area contributed by atoms with Gasteiger partial charge in [0.1, 0.15) is 25.9 Å². The van der Waals surface area contributed by atoms with Crippen LogP contribution < -0.4 is 0 Å². The van der Waals surface area contributed by atoms with Crippen molar-refractivity contribution >= 4 is 13.8 Å². The Bertz CT molecular complexity index is 865. The average Bonchev–Trinajstić information content (AvgIpc) is 3.09. The smallest absolute Gasteiger partial charge is 0.463 e. The number of carbonyl (C=O) groups is 1. The van der Waals surface area contributed by atoms with E-state index < -0.39 is 20.2 Å². The number of likely N-dealkylation sites (N-methyl/N-ethyl adjacent to an activating group) is 1. The standard InChI is InChI=1S/C42H84NO8P/c1-6-8-10-12-14-16-18-20-21-23-25-27-29-31-33-35-42(45)51-40(39-50-52(46,47)49-37-36-43(3,4)5)38-48-41(44)34-32-30-28-26-24-22-19-17-15-13-11-9-7-2/h20-21,40,42,45H,6-19,22-39H2,1-5H3/p+1/b21-20+/t40-,42?/m1/s1. The summed E-state index contributed by atoms with van der Waals surface area (Å²) in [5.41, 5.74) is 0. The zero-order valence-corrected chi connectivity index (χ0v) is 35.6. The number of rotatable bonds is 40. The molecule has 9 nitrogen and oxygen atoms in total. The van der Waals surface area contributed by atoms with E-state index in [4.69, 9.17) is 18.5 Å². The Morgan fingerprint density at radius 3 is 1.56 bits per heavy atom. The number of aliphatic hydroxyl groups excluding tert-OH is 1. The SMILES string of the molecule is CCCCCCCC/C=C/CCCCCCCC(O)O[C@H](COC(=O)CCCCCCCCCCCCCCC)COP(=O)(O)OCC[N+](C)(C)C. The predicted molar refractivity (Wildman–Crippen MR) is 216 cm³/mol. The molecular formula is C42H85NO8P+. The van der Waals surface area contributed by atoms with Gasteiger partial charge in [-0.1, -0.05) is 154 Å². The van der Waals surface area contributed by atoms with Gasteiger partial charge in [-0.05, 0) is 44.9 Å². The molecule has 0 rings (SSSR count). The second-order valence-electron chi connectivity index (χ2n) is 15.9. The molecule has 0 aromatic rings. The van der Waals surface area contributed by atoms with Crippen LogP contribution >= 0.6 is 7.82 Å². The highest BCUT2D eigenvalue weighted by Gasteiger charge is 2.26. The first-order valence-corrected chi connectivity index (χ1v) is 23.0. The molecule has 0 spiro atoms. The van der Waals surface area contributed by atoms with Gasteiger partial charge in [0.05, 0.1) is 27.7 Å². The average molecular weight is 763 g/mol. The highest BCUT2D eigenvalue weighted by molar-refractivity contribution is 7.47. The molecule has 0 aromatic carbocycles. The second kappa shape index (κ2) is 35.9. The van der Waals surface area contributed by atoms with Crippen LogP contribution in [0.3, 0.4) is 0 Å². The molecule has 0 aliphatic rings. The van der Waals surface area contributed by atoms with Gasteiger partial charge in [0.25, 0.3) is 0 Å². The maximum atomic E-state index is 12.5. The number of aliphatic hydroxyl groups is 1. The van der Waals surface area contributed by atoms with E-state index >= 15 is 0 Å². The van der Waals surface area contributed by atoms with Crippen molar-refractivity contribution < 1.29 is 42.4 Å². The lowest BCUT2D eigenvalue weighted by molar-refractivity contribution is -0.870. The Morgan fingerprint density at radius 1 is 0.635 bits per heavy atom. The minimum absolute atomic E-state index is 0.0506. The van der Waals surface area contributed by atoms with Gasteiger partial charge in [-0.15, -0.1) is 0 Å². The van der Waals surface area contributed by atoms with E-state index in [1.165, 1.54) is 116 Å². The highest BCUT2D eigenvalue weighted by atomic mass is 31.2. The fourth-order valence-corrected chi connectivity index (χ4v) is 6.74. The Kier molecular flexibility index (Phi) is 35.3. The Hall–Kier alpha value is -0.800. The first kappa shape index (κ1) is 51.2. The molecule has 0 saturated heterocycles. The number of esters is 1. The number of ether oxygens (including phenoxy) is 2. The number of allylic oxidation sites excluding steroid dienone is 2. The first-order valence-electron chi connectivity index (χ1n) is 21.6. The molecule has 0 amide bonds. The van der Waals surface area contributed by atoms with E-state index in [0.29, 0.717) is 23.9 Å². The molecule has 0 bridgehead atoms. The molecule has 0 aliphatic heterocycles. The van der Waals surface area contributed by atoms with Crippen molar-refractivity contribution in [3.63, 3.8) is 0 Å². The summed E-state index contributed by atoms with van der Waals surface area (Å²) in [5, 5.41) is 10.6. The molecule has 0 saturated carbocycles. The van der Waals surface area contributed by atoms with Crippen LogP contribution in [0.2, 0.25) is 0 Å². The van der Waals surface area contributed by atoms with Crippen LogP contribution in [0.15, 0.2) is 12.2 Å². The van der Waals surface area contributed by atoms with E-state index in [2.05, 4.69) is 26.0 Å². The molecule has 0 aliphatic carbocycles. The van der Waals surface area contributed by atoms with Gasteiger partial charge in [-0.2, -0.15) is 0 Å². The number of hydrogen-bond acceptors (Lipinski definition) is 7. The van der Waals surface area contributed by atoms with Crippen molar-refractivity contribution in [3.05, 3.63) is 12.2 Å². The number of carbonyl (C=O) groups excluding carboxylic acids is 1. The molecule has 0 fully saturated rings. The van der Waals surface area contributed by atoms with Crippen molar-refractivity contribution in [2.75, 3.05) is 47.5 Å². The summed E-state index contributed by atoms with van der Waals surface area (Å²) in [6.45, 7) is 4.58. The molecule has 3 atom stereocenters. The second-order valence-corrected chi connectivity index (χ2v) is 17.3. The zero-order chi connectivity index (χ0) is 38.6. The maximum absolute atomic E-state index is 12.5. The van der Waals surface area contributed by atoms with Crippen molar-refractivity contribution in [2.24, 2.45) is 0 Å². The van der Waals surface area contributed by atoms with Crippen molar-refractivity contribution in [1.29, 1.82) is 0 Å². The lowest BCUT2D eigenvalue weighted by atomic mass is 10.0. The lowest BCUT2D eigenvalue weighted by Crippen LogP contribution is -2.37. The summed E-state index contributed by atoms with van der Waals surface area (Å²) < 4.78 is 34.6. The molecule has 2 N–H and O–H groups in total. The van der Waals surface area contributed by atoms with Gasteiger partial charge in [-0.3, -0.25) is 13.8 Å². The van der Waals surface area contributed by atoms with Crippen LogP contribution in [-0.4, -0.2) is 80.4 Å². The van der Waals surface area contributed by atoms with E-state index in [9.17, 15) is 19.4 Å². The number of hydrogen-bond donors (Lipinski definition) is 2. The molecular weight excluding hydrogens is 677 g/mol. The normalized spacial score (nSPS) is 14.5. The third-order valence-corrected chi connectivity index (χ3v) is 10.4. The summed E-state index contributed by atoms with van der Waals surface area (Å²) in [5.74, 6) is -0.338. The van der Waals surface area contributed by atoms with Crippen molar-refractivity contribution in [1.82, 2.24) is 0 Å². The Morgan fingerprint density at radius 2 is 1.08 bits per heavy atom. The van der Waals surface area contributed by atoms with Gasteiger partial charge in [0.2, 0.25) is 0 Å². The number of nitrogens with zero attached hydrogens (tertiary/aromatic N) is 1. The molecule has 10 heteroatoms. The quantitative estimate of drug-likeness (QED) is 0.0158. The van der Waals surface area contributed by atoms with Crippen molar-refractivity contribution in [3.8, 4) is 0 Å². The van der Waals surface area contributed by atoms with Gasteiger partial charge in [0, 0.05) is 6.42 Å². The van der Waals surface area contributed by atoms with Gasteiger partial charge < -0.3 is 24.0 Å². The zero-order valence-electron chi connectivity index (χ0n) is 34.7. The van der Waals surface area contributed by atoms with Gasteiger partial charge >= 0.3 is 13.8 Å². The number of phosphoric acid groups is 1. The van der Waals surface area contributed by atoms with Crippen LogP contribution in [0.1, 0.15) is 194 Å². The fraction of sp³-hybridized carbons (Fsp3) is 0.929. The Labute approximate surface area is 321 Å². The molecule has 0 heterocycles. The van der Waals surface area contributed by atoms with E-state index in [1.807, 2.05) is 21.1 Å². The third-order valence-electron chi connectivity index (χ3n) is 9.42. The molecule has 0 aromatic heterocycles. The summed E-state index contributed by atoms with van der Waals surface area (Å²) in [6.07, 6.45) is 35.0. The summed E-state index contributed by atoms with van der Waals surface area (Å²) >= 11 is 0. The number of phosphoric ester groups is 1. The van der Waals surface area contributed by atoms with Crippen LogP contribution in [0.4, 0.5) is 0 Å². The van der Waals surface area contributed by atoms with Gasteiger partial charge in [-0.25, -0.2) is 4.57 Å². The fourth-order valence-electron chi connectivity index (χ4n) is 6.00. The van der Waals surface area contributed by atoms with Crippen LogP contribution in [0.5, 0.6) is 0 Å². The van der Waals surface area contributed by atoms with Crippen LogP contribution in [0, 0.1) is 0 Å². The van der Waals surface area contributed by atoms with Crippen LogP contribution in [-0.2, 0) is 27.9 Å². The topological polar surface area (TPSA) is 112 Å². The third kappa shape index (κ3) is 38.9. The summed E-state index contributed by atoms with van der Waals surface area (Å²) in [7, 11) is 1.54. The molecule has 310 valence electrons. The van der Waals surface area contributed by atoms with E-state index in [-0.39, 0.29) is 25.8 Å². The van der Waals surface area contributed by atoms with Crippen molar-refractivity contribution in [2.45, 2.75) is 206 Å². The lowest BCUT2D eigenvalue weighted by Gasteiger charge is -2.25. The number of unbranched alkanes of at least 4 members (excludes halogenated alkanes) is 23. The van der Waals surface area contributed by atoms with Gasteiger partial charge in [0.15, 0.2) is 6.29 Å². The first-order chi connectivity index (χ1) is 25.0.